The van der Waals surface area contributed by atoms with Gasteiger partial charge in [-0.3, -0.25) is 0 Å². The molecule has 0 aromatic heterocycles. The Balaban J connectivity index is 2.33. The van der Waals surface area contributed by atoms with Gasteiger partial charge >= 0.3 is 0 Å². The normalized spacial score (nSPS) is 23.8. The molecule has 1 aromatic rings. The summed E-state index contributed by atoms with van der Waals surface area (Å²) in [5.41, 5.74) is 1.10. The van der Waals surface area contributed by atoms with Crippen LogP contribution in [0.2, 0.25) is 5.02 Å². The number of halogens is 1. The molecule has 0 radical (unpaired) electrons. The zero-order valence-electron chi connectivity index (χ0n) is 10.3. The van der Waals surface area contributed by atoms with Crippen molar-refractivity contribution in [2.75, 3.05) is 24.6 Å². The predicted octanol–water partition coefficient (Wildman–Crippen LogP) is 1.89. The number of hydrogen-bond donors (Lipinski definition) is 2. The summed E-state index contributed by atoms with van der Waals surface area (Å²) < 4.78 is 0. The van der Waals surface area contributed by atoms with Crippen LogP contribution in [0.25, 0.3) is 0 Å². The van der Waals surface area contributed by atoms with Crippen LogP contribution in [0.1, 0.15) is 13.8 Å². The van der Waals surface area contributed by atoms with E-state index in [2.05, 4.69) is 24.1 Å². The quantitative estimate of drug-likeness (QED) is 0.846. The number of nitrogens with zero attached hydrogens (tertiary/aromatic N) is 1. The number of hydrogen-bond acceptors (Lipinski definition) is 3. The second-order valence-electron chi connectivity index (χ2n) is 5.13. The third-order valence-electron chi connectivity index (χ3n) is 3.27. The van der Waals surface area contributed by atoms with Crippen molar-refractivity contribution in [3.8, 4) is 0 Å². The molecule has 1 aliphatic rings. The minimum Gasteiger partial charge on any atom is -0.394 e. The first-order chi connectivity index (χ1) is 8.04. The zero-order valence-corrected chi connectivity index (χ0v) is 11.0. The number of rotatable bonds is 2. The Hall–Kier alpha value is -0.770. The van der Waals surface area contributed by atoms with Crippen molar-refractivity contribution in [2.45, 2.75) is 25.4 Å². The molecule has 4 heteroatoms. The van der Waals surface area contributed by atoms with Crippen LogP contribution in [0.15, 0.2) is 24.3 Å². The lowest BCUT2D eigenvalue weighted by Crippen LogP contribution is -2.64. The van der Waals surface area contributed by atoms with Gasteiger partial charge in [-0.15, -0.1) is 0 Å². The first kappa shape index (κ1) is 12.7. The molecule has 0 bridgehead atoms. The van der Waals surface area contributed by atoms with Crippen LogP contribution in [0.3, 0.4) is 0 Å². The molecular formula is C13H19ClN2O. The molecular weight excluding hydrogens is 236 g/mol. The van der Waals surface area contributed by atoms with Gasteiger partial charge in [-0.2, -0.15) is 0 Å². The third kappa shape index (κ3) is 2.57. The van der Waals surface area contributed by atoms with Gasteiger partial charge in [0, 0.05) is 29.3 Å². The Morgan fingerprint density at radius 2 is 2.06 bits per heavy atom. The van der Waals surface area contributed by atoms with Crippen molar-refractivity contribution in [3.05, 3.63) is 29.3 Å². The second-order valence-corrected chi connectivity index (χ2v) is 5.56. The molecule has 0 amide bonds. The summed E-state index contributed by atoms with van der Waals surface area (Å²) in [5.74, 6) is 0. The van der Waals surface area contributed by atoms with E-state index in [4.69, 9.17) is 11.6 Å². The smallest absolute Gasteiger partial charge is 0.0651 e. The van der Waals surface area contributed by atoms with E-state index in [0.717, 1.165) is 23.8 Å². The maximum Gasteiger partial charge on any atom is 0.0651 e. The topological polar surface area (TPSA) is 35.5 Å². The molecule has 1 aromatic carbocycles. The van der Waals surface area contributed by atoms with Crippen molar-refractivity contribution in [1.82, 2.24) is 5.32 Å². The maximum absolute atomic E-state index is 9.50. The first-order valence-corrected chi connectivity index (χ1v) is 6.29. The molecule has 1 heterocycles. The molecule has 1 aliphatic heterocycles. The highest BCUT2D eigenvalue weighted by atomic mass is 35.5. The highest BCUT2D eigenvalue weighted by molar-refractivity contribution is 6.30. The zero-order chi connectivity index (χ0) is 12.5. The van der Waals surface area contributed by atoms with Crippen LogP contribution in [-0.2, 0) is 0 Å². The van der Waals surface area contributed by atoms with Crippen LogP contribution in [0.4, 0.5) is 5.69 Å². The van der Waals surface area contributed by atoms with Gasteiger partial charge in [0.1, 0.15) is 0 Å². The lowest BCUT2D eigenvalue weighted by atomic mass is 9.95. The van der Waals surface area contributed by atoms with Crippen molar-refractivity contribution >= 4 is 17.3 Å². The fourth-order valence-electron chi connectivity index (χ4n) is 2.52. The lowest BCUT2D eigenvalue weighted by molar-refractivity contribution is 0.212. The van der Waals surface area contributed by atoms with E-state index < -0.39 is 0 Å². The summed E-state index contributed by atoms with van der Waals surface area (Å²) >= 11 is 5.91. The summed E-state index contributed by atoms with van der Waals surface area (Å²) in [6, 6.07) is 7.92. The second kappa shape index (κ2) is 4.84. The number of anilines is 1. The van der Waals surface area contributed by atoms with Crippen LogP contribution in [-0.4, -0.2) is 36.4 Å². The molecule has 0 saturated carbocycles. The summed E-state index contributed by atoms with van der Waals surface area (Å²) in [6.45, 7) is 6.22. The van der Waals surface area contributed by atoms with Gasteiger partial charge in [0.05, 0.1) is 12.6 Å². The van der Waals surface area contributed by atoms with Gasteiger partial charge in [-0.1, -0.05) is 11.6 Å². The fourth-order valence-corrected chi connectivity index (χ4v) is 2.65. The van der Waals surface area contributed by atoms with E-state index in [1.54, 1.807) is 0 Å². The summed E-state index contributed by atoms with van der Waals surface area (Å²) in [4.78, 5) is 2.28. The molecule has 1 fully saturated rings. The molecule has 1 saturated heterocycles. The standard InChI is InChI=1S/C13H19ClN2O/c1-13(2)9-15-7-12(8-17)16(13)11-5-3-10(14)4-6-11/h3-6,12,15,17H,7-9H2,1-2H3. The van der Waals surface area contributed by atoms with Crippen LogP contribution in [0, 0.1) is 0 Å². The lowest BCUT2D eigenvalue weighted by Gasteiger charge is -2.49. The molecule has 94 valence electrons. The van der Waals surface area contributed by atoms with E-state index in [-0.39, 0.29) is 18.2 Å². The van der Waals surface area contributed by atoms with Gasteiger partial charge < -0.3 is 15.3 Å². The van der Waals surface area contributed by atoms with Crippen LogP contribution in [0.5, 0.6) is 0 Å². The summed E-state index contributed by atoms with van der Waals surface area (Å²) in [6.07, 6.45) is 0. The number of nitrogens with one attached hydrogen (secondary N) is 1. The Morgan fingerprint density at radius 1 is 1.41 bits per heavy atom. The largest absolute Gasteiger partial charge is 0.394 e. The Kier molecular flexibility index (Phi) is 3.61. The molecule has 3 nitrogen and oxygen atoms in total. The molecule has 1 unspecified atom stereocenters. The Labute approximate surface area is 107 Å². The summed E-state index contributed by atoms with van der Waals surface area (Å²) in [5, 5.41) is 13.6. The van der Waals surface area contributed by atoms with Crippen molar-refractivity contribution in [1.29, 1.82) is 0 Å². The first-order valence-electron chi connectivity index (χ1n) is 5.91. The van der Waals surface area contributed by atoms with E-state index in [0.29, 0.717) is 0 Å². The number of aliphatic hydroxyl groups excluding tert-OH is 1. The molecule has 2 N–H and O–H groups in total. The molecule has 17 heavy (non-hydrogen) atoms. The Morgan fingerprint density at radius 3 is 2.65 bits per heavy atom. The van der Waals surface area contributed by atoms with Gasteiger partial charge in [0.2, 0.25) is 0 Å². The predicted molar refractivity (Wildman–Crippen MR) is 71.8 cm³/mol. The number of aliphatic hydroxyl groups is 1. The number of benzene rings is 1. The van der Waals surface area contributed by atoms with Gasteiger partial charge in [-0.25, -0.2) is 0 Å². The van der Waals surface area contributed by atoms with Gasteiger partial charge in [0.25, 0.3) is 0 Å². The highest BCUT2D eigenvalue weighted by Gasteiger charge is 2.35. The van der Waals surface area contributed by atoms with E-state index in [1.807, 2.05) is 24.3 Å². The minimum atomic E-state index is -0.0144. The van der Waals surface area contributed by atoms with Crippen LogP contribution >= 0.6 is 11.6 Å². The average molecular weight is 255 g/mol. The monoisotopic (exact) mass is 254 g/mol. The van der Waals surface area contributed by atoms with Crippen molar-refractivity contribution in [2.24, 2.45) is 0 Å². The number of piperazine rings is 1. The Bertz CT molecular complexity index is 378. The van der Waals surface area contributed by atoms with E-state index in [9.17, 15) is 5.11 Å². The molecule has 0 spiro atoms. The van der Waals surface area contributed by atoms with Gasteiger partial charge in [-0.05, 0) is 38.1 Å². The van der Waals surface area contributed by atoms with Crippen molar-refractivity contribution < 1.29 is 5.11 Å². The fraction of sp³-hybridized carbons (Fsp3) is 0.538. The molecule has 2 rings (SSSR count). The molecule has 1 atom stereocenters. The average Bonchev–Trinajstić information content (AvgIpc) is 2.29. The highest BCUT2D eigenvalue weighted by Crippen LogP contribution is 2.29. The maximum atomic E-state index is 9.50. The summed E-state index contributed by atoms with van der Waals surface area (Å²) in [7, 11) is 0. The van der Waals surface area contributed by atoms with E-state index >= 15 is 0 Å². The third-order valence-corrected chi connectivity index (χ3v) is 3.52. The molecule has 0 aliphatic carbocycles. The van der Waals surface area contributed by atoms with Gasteiger partial charge in [0.15, 0.2) is 0 Å². The van der Waals surface area contributed by atoms with Crippen LogP contribution < -0.4 is 10.2 Å². The SMILES string of the molecule is CC1(C)CNCC(CO)N1c1ccc(Cl)cc1. The van der Waals surface area contributed by atoms with E-state index in [1.165, 1.54) is 0 Å². The minimum absolute atomic E-state index is 0.0144. The van der Waals surface area contributed by atoms with Crippen molar-refractivity contribution in [3.63, 3.8) is 0 Å².